The molecule has 1 saturated heterocycles. The number of carbonyl (C=O) groups is 2. The molecule has 3 N–H and O–H groups in total. The Kier molecular flexibility index (Phi) is 4.72. The Morgan fingerprint density at radius 1 is 1.39 bits per heavy atom. The van der Waals surface area contributed by atoms with Gasteiger partial charge >= 0.3 is 6.09 Å². The summed E-state index contributed by atoms with van der Waals surface area (Å²) in [5.74, 6) is 0.774. The third kappa shape index (κ3) is 2.87. The molecule has 1 aromatic rings. The molecular weight excluding hydrogens is 400 g/mol. The van der Waals surface area contributed by atoms with Gasteiger partial charge in [0.15, 0.2) is 11.5 Å². The number of likely N-dealkylation sites (N-methyl/N-ethyl adjacent to an activating group) is 2. The van der Waals surface area contributed by atoms with E-state index >= 15 is 0 Å². The summed E-state index contributed by atoms with van der Waals surface area (Å²) in [5.41, 5.74) is 6.92. The molecule has 9 heteroatoms. The van der Waals surface area contributed by atoms with Crippen molar-refractivity contribution >= 4 is 12.0 Å². The van der Waals surface area contributed by atoms with Crippen molar-refractivity contribution in [2.24, 2.45) is 5.92 Å². The number of aliphatic hydroxyl groups excluding tert-OH is 1. The zero-order valence-electron chi connectivity index (χ0n) is 17.9. The van der Waals surface area contributed by atoms with E-state index in [0.717, 1.165) is 24.9 Å². The van der Waals surface area contributed by atoms with E-state index in [-0.39, 0.29) is 23.8 Å². The van der Waals surface area contributed by atoms with E-state index in [1.165, 1.54) is 17.5 Å². The molecule has 0 radical (unpaired) electrons. The zero-order chi connectivity index (χ0) is 21.9. The highest BCUT2D eigenvalue weighted by Crippen LogP contribution is 2.62. The Bertz CT molecular complexity index is 965. The van der Waals surface area contributed by atoms with Gasteiger partial charge in [-0.15, -0.1) is 0 Å². The summed E-state index contributed by atoms with van der Waals surface area (Å²) < 4.78 is 12.0. The summed E-state index contributed by atoms with van der Waals surface area (Å²) in [5, 5.41) is 10.8. The van der Waals surface area contributed by atoms with Gasteiger partial charge in [-0.3, -0.25) is 10.2 Å². The van der Waals surface area contributed by atoms with Crippen LogP contribution in [0.5, 0.6) is 11.5 Å². The number of carbonyl (C=O) groups excluding carboxylic acids is 2. The largest absolute Gasteiger partial charge is 0.482 e. The van der Waals surface area contributed by atoms with E-state index in [1.807, 2.05) is 12.1 Å². The highest BCUT2D eigenvalue weighted by molar-refractivity contribution is 5.82. The Morgan fingerprint density at radius 3 is 2.97 bits per heavy atom. The first-order valence-corrected chi connectivity index (χ1v) is 10.6. The van der Waals surface area contributed by atoms with Crippen LogP contribution < -0.4 is 20.3 Å². The molecule has 2 heterocycles. The molecule has 2 aliphatic heterocycles. The van der Waals surface area contributed by atoms with E-state index in [0.29, 0.717) is 17.5 Å². The maximum absolute atomic E-state index is 12.6. The maximum Gasteiger partial charge on any atom is 0.415 e. The molecule has 0 aromatic heterocycles. The number of benzene rings is 1. The molecule has 2 unspecified atom stereocenters. The van der Waals surface area contributed by atoms with E-state index in [4.69, 9.17) is 9.47 Å². The van der Waals surface area contributed by atoms with Gasteiger partial charge in [0.2, 0.25) is 0 Å². The number of hydrazine groups is 1. The predicted molar refractivity (Wildman–Crippen MR) is 112 cm³/mol. The van der Waals surface area contributed by atoms with Gasteiger partial charge in [0.05, 0.1) is 0 Å². The average Bonchev–Trinajstić information content (AvgIpc) is 3.09. The molecule has 1 fully saturated rings. The third-order valence-electron chi connectivity index (χ3n) is 7.29. The van der Waals surface area contributed by atoms with Crippen LogP contribution in [-0.2, 0) is 16.6 Å². The second-order valence-corrected chi connectivity index (χ2v) is 8.93. The van der Waals surface area contributed by atoms with Crippen molar-refractivity contribution < 1.29 is 24.2 Å². The summed E-state index contributed by atoms with van der Waals surface area (Å²) in [7, 11) is 5.23. The number of hydrogen-bond acceptors (Lipinski definition) is 7. The van der Waals surface area contributed by atoms with Gasteiger partial charge in [-0.05, 0) is 38.1 Å². The molecule has 9 nitrogen and oxygen atoms in total. The Balaban J connectivity index is 1.49. The van der Waals surface area contributed by atoms with Crippen molar-refractivity contribution in [1.29, 1.82) is 0 Å². The van der Waals surface area contributed by atoms with Crippen LogP contribution >= 0.6 is 0 Å². The number of aliphatic hydroxyl groups is 1. The number of nitrogens with one attached hydrogen (secondary N) is 2. The smallest absolute Gasteiger partial charge is 0.415 e. The second kappa shape index (κ2) is 7.22. The van der Waals surface area contributed by atoms with Crippen LogP contribution in [0.4, 0.5) is 4.79 Å². The van der Waals surface area contributed by atoms with Crippen LogP contribution in [0.3, 0.4) is 0 Å². The molecule has 166 valence electrons. The lowest BCUT2D eigenvalue weighted by molar-refractivity contribution is -0.122. The van der Waals surface area contributed by atoms with Gasteiger partial charge in [-0.1, -0.05) is 18.2 Å². The fourth-order valence-electron chi connectivity index (χ4n) is 5.94. The molecule has 2 amide bonds. The number of rotatable bonds is 4. The minimum absolute atomic E-state index is 0.147. The average molecular weight is 428 g/mol. The molecule has 4 aliphatic rings. The number of nitrogens with zero attached hydrogens (tertiary/aromatic N) is 2. The minimum atomic E-state index is -0.713. The molecule has 2 bridgehead atoms. The Hall–Kier alpha value is -2.62. The minimum Gasteiger partial charge on any atom is -0.482 e. The first-order chi connectivity index (χ1) is 14.9. The van der Waals surface area contributed by atoms with Gasteiger partial charge in [-0.2, -0.15) is 0 Å². The van der Waals surface area contributed by atoms with Crippen LogP contribution in [-0.4, -0.2) is 79.4 Å². The number of ether oxygens (including phenoxy) is 2. The van der Waals surface area contributed by atoms with Gasteiger partial charge in [-0.25, -0.2) is 10.2 Å². The molecular formula is C22H28N4O5. The molecule has 31 heavy (non-hydrogen) atoms. The van der Waals surface area contributed by atoms with Crippen molar-refractivity contribution in [3.8, 4) is 11.5 Å². The first kappa shape index (κ1) is 20.3. The molecule has 0 saturated carbocycles. The van der Waals surface area contributed by atoms with E-state index in [2.05, 4.69) is 28.9 Å². The van der Waals surface area contributed by atoms with Gasteiger partial charge < -0.3 is 24.4 Å². The fourth-order valence-corrected chi connectivity index (χ4v) is 5.94. The highest BCUT2D eigenvalue weighted by atomic mass is 16.6. The van der Waals surface area contributed by atoms with Crippen molar-refractivity contribution in [3.05, 3.63) is 35.4 Å². The number of amides is 2. The summed E-state index contributed by atoms with van der Waals surface area (Å²) in [6.45, 7) is 0.778. The third-order valence-corrected chi connectivity index (χ3v) is 7.29. The first-order valence-electron chi connectivity index (χ1n) is 10.6. The molecule has 2 aliphatic carbocycles. The van der Waals surface area contributed by atoms with Crippen molar-refractivity contribution in [1.82, 2.24) is 20.7 Å². The van der Waals surface area contributed by atoms with Gasteiger partial charge in [0.25, 0.3) is 5.91 Å². The molecule has 1 aromatic carbocycles. The normalized spacial score (nSPS) is 32.1. The number of hydrogen-bond donors (Lipinski definition) is 3. The summed E-state index contributed by atoms with van der Waals surface area (Å²) in [6, 6.07) is 4.12. The van der Waals surface area contributed by atoms with E-state index in [9.17, 15) is 14.7 Å². The monoisotopic (exact) mass is 428 g/mol. The second-order valence-electron chi connectivity index (χ2n) is 8.93. The topological polar surface area (TPSA) is 103 Å². The number of piperidine rings is 1. The number of likely N-dealkylation sites (tertiary alicyclic amines) is 1. The fraction of sp³-hybridized carbons (Fsp3) is 0.545. The van der Waals surface area contributed by atoms with Crippen LogP contribution in [0, 0.1) is 5.92 Å². The lowest BCUT2D eigenvalue weighted by Gasteiger charge is -2.56. The van der Waals surface area contributed by atoms with Crippen molar-refractivity contribution in [2.45, 2.75) is 36.5 Å². The van der Waals surface area contributed by atoms with E-state index < -0.39 is 18.3 Å². The Labute approximate surface area is 180 Å². The van der Waals surface area contributed by atoms with Crippen molar-refractivity contribution in [3.63, 3.8) is 0 Å². The summed E-state index contributed by atoms with van der Waals surface area (Å²) in [6.07, 6.45) is 4.00. The standard InChI is InChI=1S/C22H28N4O5/c1-23-24-17(28)11-26(3)21(29)30-16-7-4-12-10-14-13-5-6-15(27)20-22(13,8-9-25(14)2)18(12)19(16)31-20/h4-7,13-15,20,23,27H,8-11H2,1-3H3,(H,24,28)/t13?,14?,15-,20-,22-/m0/s1. The van der Waals surface area contributed by atoms with Crippen LogP contribution in [0.2, 0.25) is 0 Å². The lowest BCUT2D eigenvalue weighted by Crippen LogP contribution is -2.64. The summed E-state index contributed by atoms with van der Waals surface area (Å²) in [4.78, 5) is 28.0. The Morgan fingerprint density at radius 2 is 2.19 bits per heavy atom. The van der Waals surface area contributed by atoms with Crippen LogP contribution in [0.25, 0.3) is 0 Å². The lowest BCUT2D eigenvalue weighted by atomic mass is 9.53. The SMILES string of the molecule is CNNC(=O)CN(C)C(=O)Oc1ccc2c3c1O[C@H]1[C@@H](O)C=CC4C(C2)N(C)CC[C@@]341. The van der Waals surface area contributed by atoms with Gasteiger partial charge in [0, 0.05) is 37.0 Å². The molecule has 1 spiro atoms. The van der Waals surface area contributed by atoms with Crippen LogP contribution in [0.15, 0.2) is 24.3 Å². The quantitative estimate of drug-likeness (QED) is 0.464. The highest BCUT2D eigenvalue weighted by Gasteiger charge is 2.64. The van der Waals surface area contributed by atoms with E-state index in [1.54, 1.807) is 13.1 Å². The molecule has 5 atom stereocenters. The van der Waals surface area contributed by atoms with Crippen LogP contribution in [0.1, 0.15) is 17.5 Å². The zero-order valence-corrected chi connectivity index (χ0v) is 17.9. The predicted octanol–water partition coefficient (Wildman–Crippen LogP) is 0.174. The molecule has 5 rings (SSSR count). The van der Waals surface area contributed by atoms with Gasteiger partial charge in [0.1, 0.15) is 18.8 Å². The van der Waals surface area contributed by atoms with Crippen molar-refractivity contribution in [2.75, 3.05) is 34.2 Å². The summed E-state index contributed by atoms with van der Waals surface area (Å²) >= 11 is 0. The maximum atomic E-state index is 12.6.